The number of aryl methyl sites for hydroxylation is 1. The summed E-state index contributed by atoms with van der Waals surface area (Å²) in [5.41, 5.74) is 0.866. The Morgan fingerprint density at radius 2 is 2.09 bits per heavy atom. The third kappa shape index (κ3) is 4.24. The largest absolute Gasteiger partial charge is 0.497 e. The molecule has 0 aliphatic carbocycles. The topological polar surface area (TPSA) is 31.2 Å². The van der Waals surface area contributed by atoms with Crippen molar-refractivity contribution in [3.63, 3.8) is 0 Å². The number of aromatic nitrogens is 1. The molecule has 0 spiro atoms. The smallest absolute Gasteiger partial charge is 0.256 e. The van der Waals surface area contributed by atoms with Gasteiger partial charge >= 0.3 is 0 Å². The maximum atomic E-state index is 12.7. The van der Waals surface area contributed by atoms with Crippen LogP contribution in [0.25, 0.3) is 11.3 Å². The van der Waals surface area contributed by atoms with E-state index >= 15 is 0 Å². The molecule has 0 aliphatic rings. The Balaban J connectivity index is 0.00000242. The molecule has 0 amide bonds. The minimum absolute atomic E-state index is 0. The third-order valence-corrected chi connectivity index (χ3v) is 3.69. The Labute approximate surface area is 160 Å². The van der Waals surface area contributed by atoms with Crippen molar-refractivity contribution in [1.29, 1.82) is 0 Å². The van der Waals surface area contributed by atoms with Crippen LogP contribution in [0, 0.1) is 13.0 Å². The van der Waals surface area contributed by atoms with Crippen LogP contribution in [0.5, 0.6) is 5.75 Å². The van der Waals surface area contributed by atoms with Crippen molar-refractivity contribution in [1.82, 2.24) is 4.57 Å². The van der Waals surface area contributed by atoms with Crippen molar-refractivity contribution in [3.8, 4) is 17.0 Å². The summed E-state index contributed by atoms with van der Waals surface area (Å²) in [6, 6.07) is 9.52. The number of hydrogen-bond donors (Lipinski definition) is 0. The van der Waals surface area contributed by atoms with Crippen LogP contribution < -0.4 is 10.3 Å². The zero-order chi connectivity index (χ0) is 15.6. The molecule has 3 nitrogen and oxygen atoms in total. The molecule has 0 fully saturated rings. The van der Waals surface area contributed by atoms with E-state index in [2.05, 4.69) is 22.0 Å². The van der Waals surface area contributed by atoms with E-state index in [9.17, 15) is 13.6 Å². The number of hydrogen-bond acceptors (Lipinski definition) is 2. The molecule has 0 aliphatic heterocycles. The average molecular weight is 446 g/mol. The number of rotatable bonds is 4. The summed E-state index contributed by atoms with van der Waals surface area (Å²) in [6.45, 7) is 0.915. The molecular weight excluding hydrogens is 433 g/mol. The van der Waals surface area contributed by atoms with E-state index in [-0.39, 0.29) is 32.7 Å². The first-order valence-corrected chi connectivity index (χ1v) is 6.97. The van der Waals surface area contributed by atoms with E-state index in [1.165, 1.54) is 13.2 Å². The van der Waals surface area contributed by atoms with Crippen LogP contribution in [0.15, 0.2) is 33.5 Å². The van der Waals surface area contributed by atoms with Gasteiger partial charge in [-0.1, -0.05) is 39.7 Å². The molecule has 22 heavy (non-hydrogen) atoms. The van der Waals surface area contributed by atoms with Crippen LogP contribution in [0.4, 0.5) is 8.78 Å². The van der Waals surface area contributed by atoms with E-state index in [1.807, 2.05) is 0 Å². The number of pyridine rings is 1. The molecule has 0 atom stereocenters. The Kier molecular flexibility index (Phi) is 7.36. The van der Waals surface area contributed by atoms with Crippen molar-refractivity contribution in [3.05, 3.63) is 50.7 Å². The molecule has 7 heteroatoms. The SMILES string of the molecule is COc1ccc(-c2[c-]cc(C)c(=O)n2CC(F)F)c(Br)c1.[Y]. The van der Waals surface area contributed by atoms with Gasteiger partial charge in [-0.25, -0.2) is 8.78 Å². The van der Waals surface area contributed by atoms with E-state index in [0.29, 0.717) is 27.0 Å². The van der Waals surface area contributed by atoms with E-state index in [1.54, 1.807) is 25.1 Å². The standard InChI is InChI=1S/C15H13BrF2NO2.Y/c1-9-3-6-13(19(15(9)20)8-14(17)18)11-5-4-10(21-2)7-12(11)16;/h3-5,7,14H,8H2,1-2H3;/q-1;. The molecule has 0 unspecified atom stereocenters. The number of methoxy groups -OCH3 is 1. The summed E-state index contributed by atoms with van der Waals surface area (Å²) in [5, 5.41) is 0. The van der Waals surface area contributed by atoms with Gasteiger partial charge in [0.15, 0.2) is 5.56 Å². The monoisotopic (exact) mass is 445 g/mol. The summed E-state index contributed by atoms with van der Waals surface area (Å²) in [4.78, 5) is 12.1. The molecule has 2 aromatic rings. The summed E-state index contributed by atoms with van der Waals surface area (Å²) < 4.78 is 32.3. The zero-order valence-corrected chi connectivity index (χ0v) is 16.5. The normalized spacial score (nSPS) is 10.5. The number of benzene rings is 1. The van der Waals surface area contributed by atoms with Gasteiger partial charge in [0, 0.05) is 32.7 Å². The van der Waals surface area contributed by atoms with Gasteiger partial charge in [-0.3, -0.25) is 4.79 Å². The minimum atomic E-state index is -2.62. The summed E-state index contributed by atoms with van der Waals surface area (Å²) in [5.74, 6) is 0.625. The Bertz CT molecular complexity index is 719. The molecule has 1 aromatic heterocycles. The van der Waals surface area contributed by atoms with E-state index in [4.69, 9.17) is 4.74 Å². The van der Waals surface area contributed by atoms with Crippen molar-refractivity contribution >= 4 is 15.9 Å². The van der Waals surface area contributed by atoms with Gasteiger partial charge in [0.2, 0.25) is 0 Å². The molecule has 115 valence electrons. The number of ether oxygens (including phenoxy) is 1. The predicted molar refractivity (Wildman–Crippen MR) is 80.0 cm³/mol. The number of nitrogens with zero attached hydrogens (tertiary/aromatic N) is 1. The van der Waals surface area contributed by atoms with Crippen LogP contribution >= 0.6 is 15.9 Å². The molecule has 2 rings (SSSR count). The van der Waals surface area contributed by atoms with Crippen molar-refractivity contribution < 1.29 is 46.2 Å². The van der Waals surface area contributed by atoms with Gasteiger partial charge in [0.25, 0.3) is 6.43 Å². The van der Waals surface area contributed by atoms with Crippen LogP contribution in [0.1, 0.15) is 5.56 Å². The predicted octanol–water partition coefficient (Wildman–Crippen LogP) is 3.66. The van der Waals surface area contributed by atoms with Gasteiger partial charge in [0.05, 0.1) is 13.7 Å². The minimum Gasteiger partial charge on any atom is -0.497 e. The summed E-state index contributed by atoms with van der Waals surface area (Å²) >= 11 is 3.37. The Morgan fingerprint density at radius 3 is 2.64 bits per heavy atom. The van der Waals surface area contributed by atoms with E-state index < -0.39 is 18.5 Å². The van der Waals surface area contributed by atoms with Crippen LogP contribution in [-0.2, 0) is 39.3 Å². The molecular formula is C15H13BrF2NO2Y-. The van der Waals surface area contributed by atoms with Crippen LogP contribution in [-0.4, -0.2) is 18.1 Å². The van der Waals surface area contributed by atoms with Gasteiger partial charge < -0.3 is 9.30 Å². The summed E-state index contributed by atoms with van der Waals surface area (Å²) in [7, 11) is 1.53. The van der Waals surface area contributed by atoms with E-state index in [0.717, 1.165) is 4.57 Å². The third-order valence-electron chi connectivity index (χ3n) is 3.03. The van der Waals surface area contributed by atoms with Crippen molar-refractivity contribution in [2.24, 2.45) is 0 Å². The van der Waals surface area contributed by atoms with Gasteiger partial charge in [-0.2, -0.15) is 12.1 Å². The molecule has 0 saturated heterocycles. The maximum absolute atomic E-state index is 12.7. The quantitative estimate of drug-likeness (QED) is 0.672. The zero-order valence-electron chi connectivity index (χ0n) is 12.1. The second-order valence-electron chi connectivity index (χ2n) is 4.47. The molecule has 1 aromatic carbocycles. The first-order chi connectivity index (χ1) is 9.93. The molecule has 0 saturated carbocycles. The Morgan fingerprint density at radius 1 is 1.41 bits per heavy atom. The molecule has 1 radical (unpaired) electrons. The first kappa shape index (κ1) is 19.5. The number of alkyl halides is 2. The maximum Gasteiger partial charge on any atom is 0.256 e. The van der Waals surface area contributed by atoms with Crippen LogP contribution in [0.3, 0.4) is 0 Å². The van der Waals surface area contributed by atoms with Gasteiger partial charge in [-0.15, -0.1) is 6.07 Å². The fourth-order valence-corrected chi connectivity index (χ4v) is 2.53. The first-order valence-electron chi connectivity index (χ1n) is 6.18. The fourth-order valence-electron chi connectivity index (χ4n) is 1.98. The molecule has 1 heterocycles. The number of halogens is 3. The molecule has 0 N–H and O–H groups in total. The Hall–Kier alpha value is -0.586. The van der Waals surface area contributed by atoms with Crippen LogP contribution in [0.2, 0.25) is 0 Å². The van der Waals surface area contributed by atoms with Crippen molar-refractivity contribution in [2.75, 3.05) is 7.11 Å². The second kappa shape index (κ2) is 8.32. The van der Waals surface area contributed by atoms with Crippen molar-refractivity contribution in [2.45, 2.75) is 19.9 Å². The average Bonchev–Trinajstić information content (AvgIpc) is 2.44. The van der Waals surface area contributed by atoms with Gasteiger partial charge in [0.1, 0.15) is 5.75 Å². The summed E-state index contributed by atoms with van der Waals surface area (Å²) in [6.07, 6.45) is -2.62. The second-order valence-corrected chi connectivity index (χ2v) is 5.33. The molecule has 0 bridgehead atoms. The van der Waals surface area contributed by atoms with Gasteiger partial charge in [-0.05, 0) is 16.6 Å². The fraction of sp³-hybridized carbons (Fsp3) is 0.267.